The predicted molar refractivity (Wildman–Crippen MR) is 65.7 cm³/mol. The summed E-state index contributed by atoms with van der Waals surface area (Å²) in [6.07, 6.45) is 2.68. The summed E-state index contributed by atoms with van der Waals surface area (Å²) in [7, 11) is 1.68. The quantitative estimate of drug-likeness (QED) is 0.440. The molecule has 1 aromatic heterocycles. The Morgan fingerprint density at radius 1 is 1.68 bits per heavy atom. The molecule has 106 valence electrons. The van der Waals surface area contributed by atoms with E-state index in [-0.39, 0.29) is 17.5 Å². The predicted octanol–water partition coefficient (Wildman–Crippen LogP) is -0.171. The van der Waals surface area contributed by atoms with Crippen LogP contribution in [0.25, 0.3) is 0 Å². The largest absolute Gasteiger partial charge is 0.359 e. The van der Waals surface area contributed by atoms with E-state index in [4.69, 9.17) is 10.5 Å². The van der Waals surface area contributed by atoms with Crippen molar-refractivity contribution in [1.29, 1.82) is 0 Å². The van der Waals surface area contributed by atoms with Crippen LogP contribution in [-0.2, 0) is 18.5 Å². The Kier molecular flexibility index (Phi) is 4.25. The van der Waals surface area contributed by atoms with Crippen molar-refractivity contribution < 1.29 is 19.0 Å². The van der Waals surface area contributed by atoms with Crippen molar-refractivity contribution in [2.75, 3.05) is 0 Å². The van der Waals surface area contributed by atoms with Crippen LogP contribution in [0.2, 0.25) is 0 Å². The second-order valence-corrected chi connectivity index (χ2v) is 4.92. The third-order valence-corrected chi connectivity index (χ3v) is 3.23. The summed E-state index contributed by atoms with van der Waals surface area (Å²) >= 11 is 0. The topological polar surface area (TPSA) is 104 Å². The molecule has 0 radical (unpaired) electrons. The first-order chi connectivity index (χ1) is 8.67. The number of carbonyl (C=O) groups is 1. The molecular formula is C11H19N4O4+. The molecule has 8 heteroatoms. The fraction of sp³-hybridized carbons (Fsp3) is 0.636. The highest BCUT2D eigenvalue weighted by molar-refractivity contribution is 5.87. The van der Waals surface area contributed by atoms with Crippen molar-refractivity contribution >= 4 is 5.91 Å². The van der Waals surface area contributed by atoms with E-state index in [0.29, 0.717) is 0 Å². The second-order valence-electron chi connectivity index (χ2n) is 4.92. The third-order valence-electron chi connectivity index (χ3n) is 3.23. The summed E-state index contributed by atoms with van der Waals surface area (Å²) in [4.78, 5) is 21.8. The van der Waals surface area contributed by atoms with Gasteiger partial charge in [0.2, 0.25) is 5.54 Å². The first kappa shape index (κ1) is 15.1. The SMILES string of the molecule is CC(OCn1cc[n+](C)c1C(N)=O)C(C)(C)[N+](=O)[O-]. The van der Waals surface area contributed by atoms with E-state index < -0.39 is 17.6 Å². The molecule has 1 unspecified atom stereocenters. The summed E-state index contributed by atoms with van der Waals surface area (Å²) in [5, 5.41) is 10.9. The highest BCUT2D eigenvalue weighted by Gasteiger charge is 2.39. The lowest BCUT2D eigenvalue weighted by atomic mass is 10.0. The number of aryl methyl sites for hydroxylation is 1. The summed E-state index contributed by atoms with van der Waals surface area (Å²) in [6.45, 7) is 4.62. The number of hydrogen-bond acceptors (Lipinski definition) is 4. The van der Waals surface area contributed by atoms with Crippen molar-refractivity contribution in [3.05, 3.63) is 28.3 Å². The zero-order valence-corrected chi connectivity index (χ0v) is 11.5. The fourth-order valence-electron chi connectivity index (χ4n) is 1.49. The Bertz CT molecular complexity index is 495. The van der Waals surface area contributed by atoms with Gasteiger partial charge in [-0.1, -0.05) is 0 Å². The van der Waals surface area contributed by atoms with Crippen molar-refractivity contribution in [1.82, 2.24) is 4.57 Å². The molecule has 0 saturated carbocycles. The number of nitro groups is 1. The fourth-order valence-corrected chi connectivity index (χ4v) is 1.49. The molecule has 0 aliphatic heterocycles. The number of hydrogen-bond donors (Lipinski definition) is 1. The van der Waals surface area contributed by atoms with Crippen LogP contribution in [0.3, 0.4) is 0 Å². The smallest absolute Gasteiger partial charge is 0.349 e. The minimum absolute atomic E-state index is 0.0253. The molecule has 1 atom stereocenters. The molecule has 1 rings (SSSR count). The molecule has 2 N–H and O–H groups in total. The lowest BCUT2D eigenvalue weighted by molar-refractivity contribution is -0.673. The number of carbonyl (C=O) groups excluding carboxylic acids is 1. The molecule has 0 aliphatic rings. The lowest BCUT2D eigenvalue weighted by Crippen LogP contribution is -2.44. The molecule has 0 saturated heterocycles. The van der Waals surface area contributed by atoms with Gasteiger partial charge in [0, 0.05) is 18.8 Å². The number of aromatic nitrogens is 2. The van der Waals surface area contributed by atoms with Crippen molar-refractivity contribution in [3.8, 4) is 0 Å². The number of ether oxygens (including phenoxy) is 1. The molecule has 0 fully saturated rings. The Labute approximate surface area is 110 Å². The van der Waals surface area contributed by atoms with E-state index in [2.05, 4.69) is 0 Å². The van der Waals surface area contributed by atoms with Crippen LogP contribution < -0.4 is 10.3 Å². The van der Waals surface area contributed by atoms with Gasteiger partial charge in [0.25, 0.3) is 0 Å². The maximum atomic E-state index is 11.3. The van der Waals surface area contributed by atoms with Gasteiger partial charge < -0.3 is 10.5 Å². The Hall–Kier alpha value is -1.96. The highest BCUT2D eigenvalue weighted by Crippen LogP contribution is 2.17. The zero-order chi connectivity index (χ0) is 14.8. The van der Waals surface area contributed by atoms with Gasteiger partial charge in [-0.2, -0.15) is 0 Å². The molecule has 19 heavy (non-hydrogen) atoms. The number of rotatable bonds is 6. The van der Waals surface area contributed by atoms with Crippen molar-refractivity contribution in [3.63, 3.8) is 0 Å². The number of nitrogens with two attached hydrogens (primary N) is 1. The van der Waals surface area contributed by atoms with Crippen molar-refractivity contribution in [2.45, 2.75) is 39.1 Å². The van der Waals surface area contributed by atoms with E-state index >= 15 is 0 Å². The van der Waals surface area contributed by atoms with E-state index in [1.54, 1.807) is 30.9 Å². The summed E-state index contributed by atoms with van der Waals surface area (Å²) < 4.78 is 8.53. The van der Waals surface area contributed by atoms with Gasteiger partial charge in [0.15, 0.2) is 6.73 Å². The highest BCUT2D eigenvalue weighted by atomic mass is 16.6. The number of amides is 1. The van der Waals surface area contributed by atoms with Gasteiger partial charge in [-0.3, -0.25) is 14.9 Å². The first-order valence-corrected chi connectivity index (χ1v) is 5.78. The molecule has 0 aliphatic carbocycles. The van der Waals surface area contributed by atoms with Gasteiger partial charge in [-0.05, 0) is 6.92 Å². The first-order valence-electron chi connectivity index (χ1n) is 5.78. The maximum absolute atomic E-state index is 11.3. The molecule has 0 spiro atoms. The van der Waals surface area contributed by atoms with Crippen LogP contribution in [-0.4, -0.2) is 27.0 Å². The molecule has 1 aromatic rings. The molecule has 0 bridgehead atoms. The van der Waals surface area contributed by atoms with Crippen LogP contribution >= 0.6 is 0 Å². The minimum Gasteiger partial charge on any atom is -0.359 e. The summed E-state index contributed by atoms with van der Waals surface area (Å²) in [5.74, 6) is -0.316. The van der Waals surface area contributed by atoms with Crippen molar-refractivity contribution in [2.24, 2.45) is 12.8 Å². The van der Waals surface area contributed by atoms with Crippen LogP contribution in [0, 0.1) is 10.1 Å². The number of nitrogens with zero attached hydrogens (tertiary/aromatic N) is 3. The average Bonchev–Trinajstić information content (AvgIpc) is 2.66. The Morgan fingerprint density at radius 2 is 2.26 bits per heavy atom. The molecular weight excluding hydrogens is 252 g/mol. The molecule has 1 heterocycles. The van der Waals surface area contributed by atoms with Gasteiger partial charge in [-0.25, -0.2) is 9.13 Å². The van der Waals surface area contributed by atoms with Crippen LogP contribution in [0.1, 0.15) is 31.4 Å². The van der Waals surface area contributed by atoms with Gasteiger partial charge in [0.1, 0.15) is 18.5 Å². The van der Waals surface area contributed by atoms with Crippen LogP contribution in [0.5, 0.6) is 0 Å². The van der Waals surface area contributed by atoms with E-state index in [9.17, 15) is 14.9 Å². The molecule has 8 nitrogen and oxygen atoms in total. The normalized spacial score (nSPS) is 13.3. The van der Waals surface area contributed by atoms with E-state index in [1.165, 1.54) is 18.4 Å². The van der Waals surface area contributed by atoms with E-state index in [0.717, 1.165) is 0 Å². The molecule has 0 aromatic carbocycles. The zero-order valence-electron chi connectivity index (χ0n) is 11.5. The minimum atomic E-state index is -1.21. The van der Waals surface area contributed by atoms with Crippen LogP contribution in [0.15, 0.2) is 12.4 Å². The third kappa shape index (κ3) is 3.08. The maximum Gasteiger partial charge on any atom is 0.349 e. The summed E-state index contributed by atoms with van der Waals surface area (Å²) in [5.41, 5.74) is 4.05. The van der Waals surface area contributed by atoms with E-state index in [1.807, 2.05) is 0 Å². The Balaban J connectivity index is 2.78. The monoisotopic (exact) mass is 271 g/mol. The number of primary amides is 1. The van der Waals surface area contributed by atoms with Crippen LogP contribution in [0.4, 0.5) is 0 Å². The second kappa shape index (κ2) is 5.35. The van der Waals surface area contributed by atoms with Gasteiger partial charge in [0.05, 0.1) is 7.05 Å². The Morgan fingerprint density at radius 3 is 2.74 bits per heavy atom. The average molecular weight is 271 g/mol. The molecule has 1 amide bonds. The van der Waals surface area contributed by atoms with Gasteiger partial charge in [-0.15, -0.1) is 0 Å². The summed E-state index contributed by atoms with van der Waals surface area (Å²) in [6, 6.07) is 0. The number of imidazole rings is 1. The van der Waals surface area contributed by atoms with Gasteiger partial charge >= 0.3 is 11.7 Å². The lowest BCUT2D eigenvalue weighted by Gasteiger charge is -2.22. The standard InChI is InChI=1S/C11H18N4O4/c1-8(11(2,3)15(17)18)19-7-14-6-5-13(4)10(14)9(12)16/h5-6,8H,7H2,1-4H3,(H-,12,16)/p+1.